The van der Waals surface area contributed by atoms with Gasteiger partial charge in [-0.05, 0) is 32.7 Å². The van der Waals surface area contributed by atoms with Gasteiger partial charge in [-0.3, -0.25) is 0 Å². The van der Waals surface area contributed by atoms with Crippen molar-refractivity contribution in [3.63, 3.8) is 0 Å². The number of hydrogen-bond acceptors (Lipinski definition) is 4. The Morgan fingerprint density at radius 2 is 2.19 bits per heavy atom. The van der Waals surface area contributed by atoms with Crippen LogP contribution in [-0.4, -0.2) is 45.2 Å². The molecule has 1 atom stereocenters. The zero-order valence-corrected chi connectivity index (χ0v) is 11.1. The summed E-state index contributed by atoms with van der Waals surface area (Å²) < 4.78 is 28.3. The molecule has 0 aliphatic carbocycles. The summed E-state index contributed by atoms with van der Waals surface area (Å²) in [5, 5.41) is 3.30. The van der Waals surface area contributed by atoms with Crippen molar-refractivity contribution in [2.75, 3.05) is 31.2 Å². The highest BCUT2D eigenvalue weighted by molar-refractivity contribution is 7.91. The van der Waals surface area contributed by atoms with E-state index in [0.29, 0.717) is 13.0 Å². The molecule has 1 aliphatic heterocycles. The average Bonchev–Trinajstić information content (AvgIpc) is 2.26. The Balaban J connectivity index is 2.20. The number of hydrogen-bond donors (Lipinski definition) is 1. The fourth-order valence-electron chi connectivity index (χ4n) is 1.89. The fraction of sp³-hybridized carbons (Fsp3) is 1.00. The molecule has 0 amide bonds. The molecular weight excluding hydrogens is 226 g/mol. The maximum absolute atomic E-state index is 11.3. The SMILES string of the molecule is CCS(=O)(=O)CCCOC1(C)CCCNC1. The molecule has 1 fully saturated rings. The van der Waals surface area contributed by atoms with Gasteiger partial charge in [-0.25, -0.2) is 8.42 Å². The van der Waals surface area contributed by atoms with E-state index in [2.05, 4.69) is 12.2 Å². The standard InChI is InChI=1S/C11H23NO3S/c1-3-16(13,14)9-5-8-15-11(2)6-4-7-12-10-11/h12H,3-10H2,1-2H3. The molecule has 1 unspecified atom stereocenters. The quantitative estimate of drug-likeness (QED) is 0.713. The lowest BCUT2D eigenvalue weighted by Crippen LogP contribution is -2.45. The van der Waals surface area contributed by atoms with Gasteiger partial charge in [-0.15, -0.1) is 0 Å². The molecule has 0 spiro atoms. The van der Waals surface area contributed by atoms with E-state index in [4.69, 9.17) is 4.74 Å². The van der Waals surface area contributed by atoms with Crippen LogP contribution in [0.3, 0.4) is 0 Å². The van der Waals surface area contributed by atoms with Crippen molar-refractivity contribution in [2.45, 2.75) is 38.7 Å². The topological polar surface area (TPSA) is 55.4 Å². The molecule has 0 radical (unpaired) electrons. The summed E-state index contributed by atoms with van der Waals surface area (Å²) >= 11 is 0. The van der Waals surface area contributed by atoms with Crippen molar-refractivity contribution in [2.24, 2.45) is 0 Å². The summed E-state index contributed by atoms with van der Waals surface area (Å²) in [7, 11) is -2.84. The van der Waals surface area contributed by atoms with Crippen LogP contribution < -0.4 is 5.32 Å². The first-order valence-corrected chi connectivity index (χ1v) is 7.85. The summed E-state index contributed by atoms with van der Waals surface area (Å²) in [6, 6.07) is 0. The van der Waals surface area contributed by atoms with E-state index >= 15 is 0 Å². The predicted octanol–water partition coefficient (Wildman–Crippen LogP) is 0.970. The lowest BCUT2D eigenvalue weighted by molar-refractivity contribution is -0.0459. The highest BCUT2D eigenvalue weighted by atomic mass is 32.2. The second-order valence-corrected chi connectivity index (χ2v) is 7.14. The predicted molar refractivity (Wildman–Crippen MR) is 65.4 cm³/mol. The van der Waals surface area contributed by atoms with Gasteiger partial charge in [0.2, 0.25) is 0 Å². The number of rotatable bonds is 6. The minimum Gasteiger partial charge on any atom is -0.374 e. The Kier molecular flexibility index (Phi) is 5.21. The molecule has 0 aromatic heterocycles. The minimum atomic E-state index is -2.84. The minimum absolute atomic E-state index is 0.103. The van der Waals surface area contributed by atoms with E-state index in [9.17, 15) is 8.42 Å². The van der Waals surface area contributed by atoms with Crippen LogP contribution in [-0.2, 0) is 14.6 Å². The van der Waals surface area contributed by atoms with Gasteiger partial charge in [0.1, 0.15) is 9.84 Å². The van der Waals surface area contributed by atoms with Crippen LogP contribution in [0.15, 0.2) is 0 Å². The highest BCUT2D eigenvalue weighted by Gasteiger charge is 2.27. The van der Waals surface area contributed by atoms with Gasteiger partial charge in [-0.1, -0.05) is 6.92 Å². The Bertz CT molecular complexity index is 294. The zero-order valence-electron chi connectivity index (χ0n) is 10.3. The molecule has 0 aromatic carbocycles. The summed E-state index contributed by atoms with van der Waals surface area (Å²) in [6.07, 6.45) is 2.79. The third kappa shape index (κ3) is 4.80. The summed E-state index contributed by atoms with van der Waals surface area (Å²) in [5.41, 5.74) is -0.103. The molecule has 5 heteroatoms. The lowest BCUT2D eigenvalue weighted by Gasteiger charge is -2.34. The largest absolute Gasteiger partial charge is 0.374 e. The third-order valence-corrected chi connectivity index (χ3v) is 4.84. The molecule has 1 heterocycles. The maximum atomic E-state index is 11.3. The molecular formula is C11H23NO3S. The Labute approximate surface area is 98.7 Å². The monoisotopic (exact) mass is 249 g/mol. The van der Waals surface area contributed by atoms with Crippen LogP contribution in [0.2, 0.25) is 0 Å². The van der Waals surface area contributed by atoms with Crippen molar-refractivity contribution in [1.82, 2.24) is 5.32 Å². The van der Waals surface area contributed by atoms with Crippen LogP contribution in [0.5, 0.6) is 0 Å². The molecule has 1 rings (SSSR count). The Hall–Kier alpha value is -0.130. The van der Waals surface area contributed by atoms with Crippen LogP contribution in [0.4, 0.5) is 0 Å². The van der Waals surface area contributed by atoms with Crippen molar-refractivity contribution in [3.8, 4) is 0 Å². The second-order valence-electron chi connectivity index (χ2n) is 4.67. The van der Waals surface area contributed by atoms with Gasteiger partial charge in [0.15, 0.2) is 0 Å². The zero-order chi connectivity index (χ0) is 12.1. The van der Waals surface area contributed by atoms with Crippen molar-refractivity contribution in [3.05, 3.63) is 0 Å². The van der Waals surface area contributed by atoms with Gasteiger partial charge in [0, 0.05) is 18.9 Å². The Morgan fingerprint density at radius 1 is 1.44 bits per heavy atom. The molecule has 0 aromatic rings. The first-order chi connectivity index (χ1) is 7.47. The van der Waals surface area contributed by atoms with E-state index < -0.39 is 9.84 Å². The molecule has 1 aliphatic rings. The van der Waals surface area contributed by atoms with Gasteiger partial charge in [0.05, 0.1) is 11.4 Å². The van der Waals surface area contributed by atoms with Gasteiger partial charge in [-0.2, -0.15) is 0 Å². The van der Waals surface area contributed by atoms with Gasteiger partial charge < -0.3 is 10.1 Å². The van der Waals surface area contributed by atoms with Crippen molar-refractivity contribution in [1.29, 1.82) is 0 Å². The number of sulfone groups is 1. The van der Waals surface area contributed by atoms with Crippen LogP contribution in [0.1, 0.15) is 33.1 Å². The summed E-state index contributed by atoms with van der Waals surface area (Å²) in [6.45, 7) is 6.24. The van der Waals surface area contributed by atoms with Crippen molar-refractivity contribution >= 4 is 9.84 Å². The first-order valence-electron chi connectivity index (χ1n) is 6.02. The highest BCUT2D eigenvalue weighted by Crippen LogP contribution is 2.20. The summed E-state index contributed by atoms with van der Waals surface area (Å²) in [5.74, 6) is 0.471. The molecule has 96 valence electrons. The van der Waals surface area contributed by atoms with Crippen molar-refractivity contribution < 1.29 is 13.2 Å². The van der Waals surface area contributed by atoms with E-state index in [0.717, 1.165) is 25.9 Å². The van der Waals surface area contributed by atoms with Gasteiger partial charge >= 0.3 is 0 Å². The average molecular weight is 249 g/mol. The first kappa shape index (κ1) is 13.9. The number of nitrogens with one attached hydrogen (secondary N) is 1. The van der Waals surface area contributed by atoms with Crippen LogP contribution in [0.25, 0.3) is 0 Å². The molecule has 4 nitrogen and oxygen atoms in total. The van der Waals surface area contributed by atoms with Crippen LogP contribution >= 0.6 is 0 Å². The normalized spacial score (nSPS) is 26.9. The van der Waals surface area contributed by atoms with Gasteiger partial charge in [0.25, 0.3) is 0 Å². The number of piperidine rings is 1. The molecule has 1 N–H and O–H groups in total. The molecule has 1 saturated heterocycles. The van der Waals surface area contributed by atoms with E-state index in [1.54, 1.807) is 6.92 Å². The molecule has 16 heavy (non-hydrogen) atoms. The van der Waals surface area contributed by atoms with Crippen LogP contribution in [0, 0.1) is 0 Å². The second kappa shape index (κ2) is 5.98. The van der Waals surface area contributed by atoms with E-state index in [1.165, 1.54) is 0 Å². The Morgan fingerprint density at radius 3 is 2.75 bits per heavy atom. The maximum Gasteiger partial charge on any atom is 0.150 e. The lowest BCUT2D eigenvalue weighted by atomic mass is 9.96. The number of ether oxygens (including phenoxy) is 1. The fourth-order valence-corrected chi connectivity index (χ4v) is 2.74. The molecule has 0 saturated carbocycles. The van der Waals surface area contributed by atoms with E-state index in [-0.39, 0.29) is 17.1 Å². The molecule has 0 bridgehead atoms. The summed E-state index contributed by atoms with van der Waals surface area (Å²) in [4.78, 5) is 0. The smallest absolute Gasteiger partial charge is 0.150 e. The third-order valence-electron chi connectivity index (χ3n) is 3.05. The van der Waals surface area contributed by atoms with E-state index in [1.807, 2.05) is 0 Å².